The molecule has 0 radical (unpaired) electrons. The van der Waals surface area contributed by atoms with Gasteiger partial charge in [0.25, 0.3) is 0 Å². The minimum atomic E-state index is -0.611. The molecule has 4 nitrogen and oxygen atoms in total. The quantitative estimate of drug-likeness (QED) is 0.929. The third-order valence-electron chi connectivity index (χ3n) is 5.16. The zero-order valence-corrected chi connectivity index (χ0v) is 14.0. The normalized spacial score (nSPS) is 28.0. The monoisotopic (exact) mass is 323 g/mol. The van der Waals surface area contributed by atoms with Crippen molar-refractivity contribution in [2.45, 2.75) is 50.4 Å². The number of nitrogens with zero attached hydrogens (tertiary/aromatic N) is 1. The van der Waals surface area contributed by atoms with Crippen molar-refractivity contribution in [1.82, 2.24) is 4.90 Å². The average molecular weight is 323 g/mol. The molecule has 0 bridgehead atoms. The molecule has 2 aliphatic rings. The highest BCUT2D eigenvalue weighted by Crippen LogP contribution is 2.39. The summed E-state index contributed by atoms with van der Waals surface area (Å²) in [5, 5.41) is 10.3. The van der Waals surface area contributed by atoms with Gasteiger partial charge in [0.15, 0.2) is 0 Å². The SMILES string of the molecule is COc1cc(F)ccc1CN1CCC2(CC1)CC(C)(O)CCO2. The highest BCUT2D eigenvalue weighted by atomic mass is 19.1. The van der Waals surface area contributed by atoms with E-state index < -0.39 is 5.60 Å². The molecule has 2 saturated heterocycles. The van der Waals surface area contributed by atoms with Gasteiger partial charge in [-0.3, -0.25) is 4.90 Å². The van der Waals surface area contributed by atoms with Crippen LogP contribution in [0.5, 0.6) is 5.75 Å². The van der Waals surface area contributed by atoms with E-state index in [9.17, 15) is 9.50 Å². The Hall–Kier alpha value is -1.17. The van der Waals surface area contributed by atoms with Crippen LogP contribution in [0, 0.1) is 5.82 Å². The maximum Gasteiger partial charge on any atom is 0.126 e. The van der Waals surface area contributed by atoms with Crippen LogP contribution in [0.3, 0.4) is 0 Å². The van der Waals surface area contributed by atoms with Gasteiger partial charge in [0.05, 0.1) is 24.9 Å². The Labute approximate surface area is 137 Å². The number of likely N-dealkylation sites (tertiary alicyclic amines) is 1. The first kappa shape index (κ1) is 16.7. The Balaban J connectivity index is 1.61. The number of hydrogen-bond acceptors (Lipinski definition) is 4. The molecule has 1 atom stereocenters. The van der Waals surface area contributed by atoms with Crippen molar-refractivity contribution in [3.63, 3.8) is 0 Å². The fourth-order valence-electron chi connectivity index (χ4n) is 3.85. The predicted molar refractivity (Wildman–Crippen MR) is 86.0 cm³/mol. The van der Waals surface area contributed by atoms with Gasteiger partial charge in [-0.1, -0.05) is 6.07 Å². The lowest BCUT2D eigenvalue weighted by Crippen LogP contribution is -2.53. The van der Waals surface area contributed by atoms with Crippen LogP contribution in [-0.4, -0.2) is 48.0 Å². The zero-order valence-electron chi connectivity index (χ0n) is 14.0. The molecule has 1 aromatic rings. The summed E-state index contributed by atoms with van der Waals surface area (Å²) in [5.41, 5.74) is 0.215. The molecule has 0 aromatic heterocycles. The van der Waals surface area contributed by atoms with E-state index >= 15 is 0 Å². The van der Waals surface area contributed by atoms with E-state index in [2.05, 4.69) is 4.90 Å². The molecule has 5 heteroatoms. The van der Waals surface area contributed by atoms with Gasteiger partial charge in [0, 0.05) is 37.7 Å². The van der Waals surface area contributed by atoms with Crippen molar-refractivity contribution in [2.24, 2.45) is 0 Å². The summed E-state index contributed by atoms with van der Waals surface area (Å²) in [7, 11) is 1.57. The Morgan fingerprint density at radius 1 is 1.30 bits per heavy atom. The first-order valence-corrected chi connectivity index (χ1v) is 8.33. The lowest BCUT2D eigenvalue weighted by Gasteiger charge is -2.48. The molecule has 2 aliphatic heterocycles. The minimum Gasteiger partial charge on any atom is -0.496 e. The molecule has 1 spiro atoms. The lowest BCUT2D eigenvalue weighted by molar-refractivity contribution is -0.173. The predicted octanol–water partition coefficient (Wildman–Crippen LogP) is 2.73. The van der Waals surface area contributed by atoms with Crippen LogP contribution in [0.15, 0.2) is 18.2 Å². The van der Waals surface area contributed by atoms with Crippen LogP contribution in [-0.2, 0) is 11.3 Å². The van der Waals surface area contributed by atoms with Crippen LogP contribution in [0.2, 0.25) is 0 Å². The molecular weight excluding hydrogens is 297 g/mol. The van der Waals surface area contributed by atoms with E-state index in [-0.39, 0.29) is 11.4 Å². The second-order valence-electron chi connectivity index (χ2n) is 7.19. The Bertz CT molecular complexity index is 553. The molecule has 1 aromatic carbocycles. The van der Waals surface area contributed by atoms with Crippen molar-refractivity contribution in [1.29, 1.82) is 0 Å². The third kappa shape index (κ3) is 3.84. The van der Waals surface area contributed by atoms with Crippen LogP contribution in [0.1, 0.15) is 38.2 Å². The van der Waals surface area contributed by atoms with E-state index in [1.807, 2.05) is 6.92 Å². The topological polar surface area (TPSA) is 41.9 Å². The Morgan fingerprint density at radius 2 is 2.04 bits per heavy atom. The minimum absolute atomic E-state index is 0.175. The molecule has 2 heterocycles. The number of halogens is 1. The molecule has 3 rings (SSSR count). The molecule has 1 N–H and O–H groups in total. The van der Waals surface area contributed by atoms with E-state index in [0.717, 1.165) is 38.0 Å². The number of hydrogen-bond donors (Lipinski definition) is 1. The summed E-state index contributed by atoms with van der Waals surface area (Å²) in [6.45, 7) is 5.12. The first-order chi connectivity index (χ1) is 10.9. The second kappa shape index (κ2) is 6.38. The smallest absolute Gasteiger partial charge is 0.126 e. The molecule has 0 aliphatic carbocycles. The lowest BCUT2D eigenvalue weighted by atomic mass is 9.78. The first-order valence-electron chi connectivity index (χ1n) is 8.33. The molecule has 0 saturated carbocycles. The standard InChI is InChI=1S/C18H26FNO3/c1-17(21)7-10-23-18(13-17)5-8-20(9-6-18)12-14-3-4-15(19)11-16(14)22-2/h3-4,11,21H,5-10,12-13H2,1-2H3. The van der Waals surface area contributed by atoms with E-state index in [1.165, 1.54) is 12.1 Å². The Morgan fingerprint density at radius 3 is 2.70 bits per heavy atom. The average Bonchev–Trinajstić information content (AvgIpc) is 2.50. The maximum atomic E-state index is 13.3. The van der Waals surface area contributed by atoms with Crippen LogP contribution in [0.25, 0.3) is 0 Å². The number of benzene rings is 1. The van der Waals surface area contributed by atoms with E-state index in [1.54, 1.807) is 13.2 Å². The number of aliphatic hydroxyl groups is 1. The van der Waals surface area contributed by atoms with Crippen LogP contribution < -0.4 is 4.74 Å². The zero-order chi connectivity index (χ0) is 16.5. The van der Waals surface area contributed by atoms with Crippen molar-refractivity contribution < 1.29 is 19.0 Å². The van der Waals surface area contributed by atoms with Gasteiger partial charge in [-0.05, 0) is 32.3 Å². The van der Waals surface area contributed by atoms with Gasteiger partial charge in [0.2, 0.25) is 0 Å². The molecule has 2 fully saturated rings. The van der Waals surface area contributed by atoms with Gasteiger partial charge in [0.1, 0.15) is 11.6 Å². The molecule has 23 heavy (non-hydrogen) atoms. The van der Waals surface area contributed by atoms with Gasteiger partial charge >= 0.3 is 0 Å². The summed E-state index contributed by atoms with van der Waals surface area (Å²) in [5.74, 6) is 0.322. The van der Waals surface area contributed by atoms with Crippen molar-refractivity contribution in [2.75, 3.05) is 26.8 Å². The van der Waals surface area contributed by atoms with Gasteiger partial charge in [-0.15, -0.1) is 0 Å². The van der Waals surface area contributed by atoms with E-state index in [4.69, 9.17) is 9.47 Å². The summed E-state index contributed by atoms with van der Waals surface area (Å²) in [4.78, 5) is 2.34. The van der Waals surface area contributed by atoms with Crippen LogP contribution >= 0.6 is 0 Å². The molecule has 1 unspecified atom stereocenters. The number of rotatable bonds is 3. The van der Waals surface area contributed by atoms with Gasteiger partial charge in [-0.25, -0.2) is 4.39 Å². The maximum absolute atomic E-state index is 13.3. The third-order valence-corrected chi connectivity index (χ3v) is 5.16. The second-order valence-corrected chi connectivity index (χ2v) is 7.19. The number of piperidine rings is 1. The van der Waals surface area contributed by atoms with Crippen LogP contribution in [0.4, 0.5) is 4.39 Å². The number of methoxy groups -OCH3 is 1. The molecule has 128 valence electrons. The van der Waals surface area contributed by atoms with E-state index in [0.29, 0.717) is 25.2 Å². The summed E-state index contributed by atoms with van der Waals surface area (Å²) in [6.07, 6.45) is 3.28. The van der Waals surface area contributed by atoms with Gasteiger partial charge < -0.3 is 14.6 Å². The fourth-order valence-corrected chi connectivity index (χ4v) is 3.85. The highest BCUT2D eigenvalue weighted by Gasteiger charge is 2.44. The summed E-state index contributed by atoms with van der Waals surface area (Å²) < 4.78 is 24.6. The summed E-state index contributed by atoms with van der Waals surface area (Å²) in [6, 6.07) is 4.70. The van der Waals surface area contributed by atoms with Crippen molar-refractivity contribution in [3.05, 3.63) is 29.6 Å². The van der Waals surface area contributed by atoms with Gasteiger partial charge in [-0.2, -0.15) is 0 Å². The summed E-state index contributed by atoms with van der Waals surface area (Å²) >= 11 is 0. The highest BCUT2D eigenvalue weighted by molar-refractivity contribution is 5.34. The fraction of sp³-hybridized carbons (Fsp3) is 0.667. The largest absolute Gasteiger partial charge is 0.496 e. The van der Waals surface area contributed by atoms with Crippen molar-refractivity contribution in [3.8, 4) is 5.75 Å². The Kier molecular flexibility index (Phi) is 4.63. The molecule has 0 amide bonds. The van der Waals surface area contributed by atoms with Crippen molar-refractivity contribution >= 4 is 0 Å². The number of ether oxygens (including phenoxy) is 2. The molecular formula is C18H26FNO3.